The number of amides is 2. The molecule has 5 nitrogen and oxygen atoms in total. The molecule has 0 aliphatic heterocycles. The molecule has 1 aromatic rings. The SMILES string of the molecule is O=C(Nc1ccccn1)N[C@H]1CCCC[C@@H]1O. The van der Waals surface area contributed by atoms with Crippen molar-refractivity contribution in [2.45, 2.75) is 37.8 Å². The Morgan fingerprint density at radius 1 is 1.35 bits per heavy atom. The maximum atomic E-state index is 11.7. The summed E-state index contributed by atoms with van der Waals surface area (Å²) in [6.07, 6.45) is 4.85. The standard InChI is InChI=1S/C12H17N3O2/c16-10-6-2-1-5-9(10)14-12(17)15-11-7-3-4-8-13-11/h3-4,7-10,16H,1-2,5-6H2,(H2,13,14,15,17)/t9-,10-/m0/s1. The molecule has 5 heteroatoms. The average molecular weight is 235 g/mol. The number of aliphatic hydroxyl groups excluding tert-OH is 1. The van der Waals surface area contributed by atoms with Gasteiger partial charge in [0.1, 0.15) is 5.82 Å². The van der Waals surface area contributed by atoms with Crippen molar-refractivity contribution in [3.63, 3.8) is 0 Å². The van der Waals surface area contributed by atoms with Crippen LogP contribution in [0, 0.1) is 0 Å². The first kappa shape index (κ1) is 11.9. The minimum Gasteiger partial charge on any atom is -0.391 e. The summed E-state index contributed by atoms with van der Waals surface area (Å²) in [5.74, 6) is 0.510. The lowest BCUT2D eigenvalue weighted by molar-refractivity contribution is 0.0955. The lowest BCUT2D eigenvalue weighted by atomic mass is 9.93. The molecule has 1 aliphatic carbocycles. The van der Waals surface area contributed by atoms with Crippen LogP contribution in [-0.4, -0.2) is 28.3 Å². The number of rotatable bonds is 2. The molecule has 92 valence electrons. The monoisotopic (exact) mass is 235 g/mol. The quantitative estimate of drug-likeness (QED) is 0.727. The number of nitrogens with one attached hydrogen (secondary N) is 2. The van der Waals surface area contributed by atoms with Gasteiger partial charge in [0.05, 0.1) is 12.1 Å². The zero-order valence-corrected chi connectivity index (χ0v) is 9.60. The number of anilines is 1. The second-order valence-electron chi connectivity index (χ2n) is 4.27. The van der Waals surface area contributed by atoms with E-state index in [1.54, 1.807) is 24.4 Å². The molecule has 0 radical (unpaired) electrons. The molecule has 1 fully saturated rings. The Morgan fingerprint density at radius 3 is 2.88 bits per heavy atom. The first-order chi connectivity index (χ1) is 8.25. The van der Waals surface area contributed by atoms with Crippen molar-refractivity contribution in [2.24, 2.45) is 0 Å². The summed E-state index contributed by atoms with van der Waals surface area (Å²) in [6.45, 7) is 0. The number of aromatic nitrogens is 1. The molecule has 0 unspecified atom stereocenters. The van der Waals surface area contributed by atoms with Crippen molar-refractivity contribution in [2.75, 3.05) is 5.32 Å². The van der Waals surface area contributed by atoms with Gasteiger partial charge in [0, 0.05) is 6.20 Å². The summed E-state index contributed by atoms with van der Waals surface area (Å²) in [4.78, 5) is 15.6. The molecule has 0 spiro atoms. The van der Waals surface area contributed by atoms with E-state index in [1.165, 1.54) is 0 Å². The number of hydrogen-bond acceptors (Lipinski definition) is 3. The fraction of sp³-hybridized carbons (Fsp3) is 0.500. The van der Waals surface area contributed by atoms with Gasteiger partial charge in [-0.15, -0.1) is 0 Å². The minimum atomic E-state index is -0.432. The molecule has 3 N–H and O–H groups in total. The Labute approximate surface area is 100 Å². The Hall–Kier alpha value is -1.62. The van der Waals surface area contributed by atoms with Crippen molar-refractivity contribution in [1.29, 1.82) is 0 Å². The zero-order valence-electron chi connectivity index (χ0n) is 9.60. The van der Waals surface area contributed by atoms with E-state index >= 15 is 0 Å². The highest BCUT2D eigenvalue weighted by Gasteiger charge is 2.24. The molecule has 1 heterocycles. The van der Waals surface area contributed by atoms with Crippen LogP contribution in [0.2, 0.25) is 0 Å². The number of hydrogen-bond donors (Lipinski definition) is 3. The Kier molecular flexibility index (Phi) is 3.93. The number of carbonyl (C=O) groups is 1. The van der Waals surface area contributed by atoms with Gasteiger partial charge < -0.3 is 10.4 Å². The van der Waals surface area contributed by atoms with Gasteiger partial charge in [-0.1, -0.05) is 18.9 Å². The van der Waals surface area contributed by atoms with E-state index in [9.17, 15) is 9.90 Å². The van der Waals surface area contributed by atoms with Crippen molar-refractivity contribution >= 4 is 11.8 Å². The number of nitrogens with zero attached hydrogens (tertiary/aromatic N) is 1. The average Bonchev–Trinajstić information content (AvgIpc) is 2.33. The highest BCUT2D eigenvalue weighted by molar-refractivity contribution is 5.88. The fourth-order valence-corrected chi connectivity index (χ4v) is 2.04. The predicted octanol–water partition coefficient (Wildman–Crippen LogP) is 1.51. The van der Waals surface area contributed by atoms with E-state index in [4.69, 9.17) is 0 Å². The molecule has 1 saturated carbocycles. The lowest BCUT2D eigenvalue weighted by Crippen LogP contribution is -2.46. The first-order valence-electron chi connectivity index (χ1n) is 5.92. The molecule has 0 aromatic carbocycles. The minimum absolute atomic E-state index is 0.146. The summed E-state index contributed by atoms with van der Waals surface area (Å²) in [5.41, 5.74) is 0. The normalized spacial score (nSPS) is 24.1. The molecule has 2 amide bonds. The third kappa shape index (κ3) is 3.42. The summed E-state index contributed by atoms with van der Waals surface area (Å²) in [5, 5.41) is 15.1. The maximum absolute atomic E-state index is 11.7. The lowest BCUT2D eigenvalue weighted by Gasteiger charge is -2.28. The summed E-state index contributed by atoms with van der Waals surface area (Å²) in [7, 11) is 0. The van der Waals surface area contributed by atoms with Gasteiger partial charge in [-0.25, -0.2) is 9.78 Å². The van der Waals surface area contributed by atoms with E-state index in [1.807, 2.05) is 0 Å². The van der Waals surface area contributed by atoms with E-state index in [0.29, 0.717) is 5.82 Å². The van der Waals surface area contributed by atoms with Gasteiger partial charge in [-0.3, -0.25) is 5.32 Å². The Balaban J connectivity index is 1.84. The number of aliphatic hydroxyl groups is 1. The highest BCUT2D eigenvalue weighted by Crippen LogP contribution is 2.18. The van der Waals surface area contributed by atoms with Gasteiger partial charge in [0.2, 0.25) is 0 Å². The molecule has 0 bridgehead atoms. The topological polar surface area (TPSA) is 74.2 Å². The Bertz CT molecular complexity index is 369. The third-order valence-corrected chi connectivity index (χ3v) is 2.95. The maximum Gasteiger partial charge on any atom is 0.320 e. The van der Waals surface area contributed by atoms with Crippen molar-refractivity contribution in [1.82, 2.24) is 10.3 Å². The van der Waals surface area contributed by atoms with Crippen molar-refractivity contribution in [3.8, 4) is 0 Å². The molecule has 2 rings (SSSR count). The molecule has 1 aromatic heterocycles. The van der Waals surface area contributed by atoms with Gasteiger partial charge >= 0.3 is 6.03 Å². The van der Waals surface area contributed by atoms with Crippen LogP contribution in [0.1, 0.15) is 25.7 Å². The fourth-order valence-electron chi connectivity index (χ4n) is 2.04. The van der Waals surface area contributed by atoms with Crippen LogP contribution < -0.4 is 10.6 Å². The molecular weight excluding hydrogens is 218 g/mol. The van der Waals surface area contributed by atoms with Gasteiger partial charge in [-0.2, -0.15) is 0 Å². The largest absolute Gasteiger partial charge is 0.391 e. The van der Waals surface area contributed by atoms with E-state index in [0.717, 1.165) is 25.7 Å². The second kappa shape index (κ2) is 5.63. The smallest absolute Gasteiger partial charge is 0.320 e. The van der Waals surface area contributed by atoms with Crippen LogP contribution in [0.15, 0.2) is 24.4 Å². The predicted molar refractivity (Wildman–Crippen MR) is 64.7 cm³/mol. The number of urea groups is 1. The number of carbonyl (C=O) groups excluding carboxylic acids is 1. The molecule has 17 heavy (non-hydrogen) atoms. The summed E-state index contributed by atoms with van der Waals surface area (Å²) < 4.78 is 0. The van der Waals surface area contributed by atoms with Gasteiger partial charge in [-0.05, 0) is 25.0 Å². The zero-order chi connectivity index (χ0) is 12.1. The van der Waals surface area contributed by atoms with E-state index < -0.39 is 6.10 Å². The Morgan fingerprint density at radius 2 is 2.18 bits per heavy atom. The second-order valence-corrected chi connectivity index (χ2v) is 4.27. The molecule has 2 atom stereocenters. The highest BCUT2D eigenvalue weighted by atomic mass is 16.3. The van der Waals surface area contributed by atoms with Crippen LogP contribution in [-0.2, 0) is 0 Å². The van der Waals surface area contributed by atoms with E-state index in [2.05, 4.69) is 15.6 Å². The molecular formula is C12H17N3O2. The van der Waals surface area contributed by atoms with Gasteiger partial charge in [0.15, 0.2) is 0 Å². The summed E-state index contributed by atoms with van der Waals surface area (Å²) >= 11 is 0. The van der Waals surface area contributed by atoms with Crippen LogP contribution >= 0.6 is 0 Å². The van der Waals surface area contributed by atoms with Crippen molar-refractivity contribution < 1.29 is 9.90 Å². The van der Waals surface area contributed by atoms with Crippen LogP contribution in [0.5, 0.6) is 0 Å². The van der Waals surface area contributed by atoms with Crippen LogP contribution in [0.4, 0.5) is 10.6 Å². The third-order valence-electron chi connectivity index (χ3n) is 2.95. The first-order valence-corrected chi connectivity index (χ1v) is 5.92. The molecule has 0 saturated heterocycles. The van der Waals surface area contributed by atoms with Crippen LogP contribution in [0.3, 0.4) is 0 Å². The van der Waals surface area contributed by atoms with Crippen molar-refractivity contribution in [3.05, 3.63) is 24.4 Å². The van der Waals surface area contributed by atoms with E-state index in [-0.39, 0.29) is 12.1 Å². The number of pyridine rings is 1. The van der Waals surface area contributed by atoms with Gasteiger partial charge in [0.25, 0.3) is 0 Å². The van der Waals surface area contributed by atoms with Crippen LogP contribution in [0.25, 0.3) is 0 Å². The molecule has 1 aliphatic rings. The summed E-state index contributed by atoms with van der Waals surface area (Å²) in [6, 6.07) is 4.85.